The van der Waals surface area contributed by atoms with E-state index in [2.05, 4.69) is 12.3 Å². The Bertz CT molecular complexity index is 280. The molecule has 15 heavy (non-hydrogen) atoms. The fourth-order valence-electron chi connectivity index (χ4n) is 1.24. The molecule has 0 fully saturated rings. The topological polar surface area (TPSA) is 47.3 Å². The third kappa shape index (κ3) is 4.95. The Morgan fingerprint density at radius 1 is 1.60 bits per heavy atom. The van der Waals surface area contributed by atoms with Crippen LogP contribution < -0.4 is 11.3 Å². The standard InChI is InChI=1S/C10H17ClN2OS/c1-2-5-14-7-8(13-12)6-9-3-4-10(11)15-9/h3-4,8,13H,2,5-7,12H2,1H3. The summed E-state index contributed by atoms with van der Waals surface area (Å²) in [5.74, 6) is 5.45. The lowest BCUT2D eigenvalue weighted by atomic mass is 10.2. The summed E-state index contributed by atoms with van der Waals surface area (Å²) in [4.78, 5) is 1.23. The Balaban J connectivity index is 2.33. The highest BCUT2D eigenvalue weighted by Gasteiger charge is 2.09. The summed E-state index contributed by atoms with van der Waals surface area (Å²) in [5, 5.41) is 0. The molecule has 3 N–H and O–H groups in total. The lowest BCUT2D eigenvalue weighted by molar-refractivity contribution is 0.112. The summed E-state index contributed by atoms with van der Waals surface area (Å²) in [6, 6.07) is 4.09. The average Bonchev–Trinajstić information content (AvgIpc) is 2.63. The predicted octanol–water partition coefficient (Wildman–Crippen LogP) is 2.20. The van der Waals surface area contributed by atoms with Gasteiger partial charge in [-0.15, -0.1) is 11.3 Å². The maximum Gasteiger partial charge on any atom is 0.0931 e. The number of rotatable bonds is 7. The van der Waals surface area contributed by atoms with Gasteiger partial charge in [-0.05, 0) is 18.6 Å². The molecule has 0 saturated carbocycles. The summed E-state index contributed by atoms with van der Waals surface area (Å²) >= 11 is 7.43. The van der Waals surface area contributed by atoms with Crippen molar-refractivity contribution < 1.29 is 4.74 Å². The van der Waals surface area contributed by atoms with E-state index in [0.717, 1.165) is 23.8 Å². The number of nitrogens with one attached hydrogen (secondary N) is 1. The summed E-state index contributed by atoms with van der Waals surface area (Å²) in [6.45, 7) is 3.51. The second-order valence-corrected chi connectivity index (χ2v) is 5.15. The lowest BCUT2D eigenvalue weighted by Crippen LogP contribution is -2.40. The van der Waals surface area contributed by atoms with Crippen LogP contribution in [0.15, 0.2) is 12.1 Å². The van der Waals surface area contributed by atoms with E-state index >= 15 is 0 Å². The normalized spacial score (nSPS) is 13.0. The van der Waals surface area contributed by atoms with Gasteiger partial charge in [-0.2, -0.15) is 0 Å². The van der Waals surface area contributed by atoms with Crippen LogP contribution in [0.4, 0.5) is 0 Å². The van der Waals surface area contributed by atoms with E-state index < -0.39 is 0 Å². The van der Waals surface area contributed by atoms with E-state index in [0.29, 0.717) is 6.61 Å². The first-order valence-electron chi connectivity index (χ1n) is 5.04. The molecule has 1 unspecified atom stereocenters. The molecule has 0 amide bonds. The van der Waals surface area contributed by atoms with Crippen LogP contribution in [0.25, 0.3) is 0 Å². The molecule has 0 aliphatic rings. The van der Waals surface area contributed by atoms with Crippen molar-refractivity contribution in [3.63, 3.8) is 0 Å². The number of hydrogen-bond acceptors (Lipinski definition) is 4. The second kappa shape index (κ2) is 7.19. The Labute approximate surface area is 99.5 Å². The zero-order valence-corrected chi connectivity index (χ0v) is 10.4. The fraction of sp³-hybridized carbons (Fsp3) is 0.600. The number of hydrogen-bond donors (Lipinski definition) is 2. The van der Waals surface area contributed by atoms with Crippen LogP contribution in [0, 0.1) is 0 Å². The molecule has 0 aliphatic heterocycles. The van der Waals surface area contributed by atoms with Crippen molar-refractivity contribution in [3.8, 4) is 0 Å². The van der Waals surface area contributed by atoms with E-state index in [9.17, 15) is 0 Å². The van der Waals surface area contributed by atoms with Gasteiger partial charge in [0, 0.05) is 23.9 Å². The Morgan fingerprint density at radius 2 is 2.40 bits per heavy atom. The Kier molecular flexibility index (Phi) is 6.20. The summed E-state index contributed by atoms with van der Waals surface area (Å²) in [6.07, 6.45) is 1.89. The molecule has 0 saturated heterocycles. The molecule has 1 aromatic rings. The van der Waals surface area contributed by atoms with Crippen LogP contribution >= 0.6 is 22.9 Å². The van der Waals surface area contributed by atoms with Gasteiger partial charge in [0.15, 0.2) is 0 Å². The number of hydrazine groups is 1. The number of nitrogens with two attached hydrogens (primary N) is 1. The third-order valence-electron chi connectivity index (χ3n) is 1.98. The first-order valence-corrected chi connectivity index (χ1v) is 6.23. The lowest BCUT2D eigenvalue weighted by Gasteiger charge is -2.14. The van der Waals surface area contributed by atoms with E-state index in [1.807, 2.05) is 12.1 Å². The molecule has 3 nitrogen and oxygen atoms in total. The molecule has 5 heteroatoms. The van der Waals surface area contributed by atoms with Gasteiger partial charge in [0.2, 0.25) is 0 Å². The molecular formula is C10H17ClN2OS. The summed E-state index contributed by atoms with van der Waals surface area (Å²) in [7, 11) is 0. The van der Waals surface area contributed by atoms with Gasteiger partial charge in [0.1, 0.15) is 0 Å². The fourth-order valence-corrected chi connectivity index (χ4v) is 2.41. The van der Waals surface area contributed by atoms with Crippen molar-refractivity contribution in [2.24, 2.45) is 5.84 Å². The van der Waals surface area contributed by atoms with E-state index in [4.69, 9.17) is 22.2 Å². The third-order valence-corrected chi connectivity index (χ3v) is 3.23. The van der Waals surface area contributed by atoms with Crippen LogP contribution in [-0.4, -0.2) is 19.3 Å². The zero-order valence-electron chi connectivity index (χ0n) is 8.83. The van der Waals surface area contributed by atoms with Crippen molar-refractivity contribution in [1.29, 1.82) is 0 Å². The minimum atomic E-state index is 0.159. The first-order chi connectivity index (χ1) is 7.26. The number of halogens is 1. The summed E-state index contributed by atoms with van der Waals surface area (Å²) in [5.41, 5.74) is 2.76. The minimum absolute atomic E-state index is 0.159. The molecule has 0 aliphatic carbocycles. The van der Waals surface area contributed by atoms with Crippen molar-refractivity contribution in [1.82, 2.24) is 5.43 Å². The van der Waals surface area contributed by atoms with Gasteiger partial charge in [0.05, 0.1) is 10.9 Å². The largest absolute Gasteiger partial charge is 0.380 e. The average molecular weight is 249 g/mol. The molecular weight excluding hydrogens is 232 g/mol. The number of thiophene rings is 1. The van der Waals surface area contributed by atoms with Crippen molar-refractivity contribution in [2.45, 2.75) is 25.8 Å². The first kappa shape index (κ1) is 12.9. The maximum absolute atomic E-state index is 5.85. The van der Waals surface area contributed by atoms with Gasteiger partial charge >= 0.3 is 0 Å². The molecule has 0 bridgehead atoms. The molecule has 1 atom stereocenters. The van der Waals surface area contributed by atoms with Crippen LogP contribution in [0.3, 0.4) is 0 Å². The monoisotopic (exact) mass is 248 g/mol. The van der Waals surface area contributed by atoms with Crippen molar-refractivity contribution >= 4 is 22.9 Å². The Morgan fingerprint density at radius 3 is 2.93 bits per heavy atom. The highest BCUT2D eigenvalue weighted by molar-refractivity contribution is 7.16. The van der Waals surface area contributed by atoms with Crippen molar-refractivity contribution in [3.05, 3.63) is 21.3 Å². The number of ether oxygens (including phenoxy) is 1. The zero-order chi connectivity index (χ0) is 11.1. The van der Waals surface area contributed by atoms with E-state index in [1.165, 1.54) is 4.88 Å². The molecule has 1 heterocycles. The van der Waals surface area contributed by atoms with Crippen LogP contribution in [-0.2, 0) is 11.2 Å². The molecule has 0 aromatic carbocycles. The van der Waals surface area contributed by atoms with Crippen molar-refractivity contribution in [2.75, 3.05) is 13.2 Å². The quantitative estimate of drug-likeness (QED) is 0.442. The summed E-state index contributed by atoms with van der Waals surface area (Å²) < 4.78 is 6.26. The molecule has 0 spiro atoms. The van der Waals surface area contributed by atoms with Crippen LogP contribution in [0.5, 0.6) is 0 Å². The van der Waals surface area contributed by atoms with E-state index in [1.54, 1.807) is 11.3 Å². The van der Waals surface area contributed by atoms with Crippen LogP contribution in [0.1, 0.15) is 18.2 Å². The van der Waals surface area contributed by atoms with Gasteiger partial charge in [-0.1, -0.05) is 18.5 Å². The highest BCUT2D eigenvalue weighted by atomic mass is 35.5. The maximum atomic E-state index is 5.85. The Hall–Kier alpha value is -0.130. The molecule has 1 rings (SSSR count). The second-order valence-electron chi connectivity index (χ2n) is 3.35. The van der Waals surface area contributed by atoms with Gasteiger partial charge in [-0.3, -0.25) is 11.3 Å². The highest BCUT2D eigenvalue weighted by Crippen LogP contribution is 2.22. The van der Waals surface area contributed by atoms with Gasteiger partial charge < -0.3 is 4.74 Å². The minimum Gasteiger partial charge on any atom is -0.380 e. The predicted molar refractivity (Wildman–Crippen MR) is 65.3 cm³/mol. The smallest absolute Gasteiger partial charge is 0.0931 e. The molecule has 0 radical (unpaired) electrons. The SMILES string of the molecule is CCCOCC(Cc1ccc(Cl)s1)NN. The van der Waals surface area contributed by atoms with Crippen LogP contribution in [0.2, 0.25) is 4.34 Å². The van der Waals surface area contributed by atoms with E-state index in [-0.39, 0.29) is 6.04 Å². The molecule has 86 valence electrons. The molecule has 1 aromatic heterocycles. The van der Waals surface area contributed by atoms with Gasteiger partial charge in [0.25, 0.3) is 0 Å². The van der Waals surface area contributed by atoms with Gasteiger partial charge in [-0.25, -0.2) is 0 Å².